The maximum Gasteiger partial charge on any atom is 0.407 e. The average Bonchev–Trinajstić information content (AvgIpc) is 2.33. The molecule has 0 bridgehead atoms. The number of carboxylic acid groups (broad SMARTS) is 1. The van der Waals surface area contributed by atoms with Crippen LogP contribution in [-0.2, 0) is 9.53 Å². The number of nitrogens with one attached hydrogen (secondary N) is 1. The molecule has 0 saturated heterocycles. The van der Waals surface area contributed by atoms with E-state index in [9.17, 15) is 9.59 Å². The standard InChI is InChI=1S/C9H17N5O4/c10-7(8(15)16)3-1-2-4-12-9(17)18-6-5-13-14-11/h7H,1-6,10H2,(H,12,17)(H,15,16)/t7-/m1/s1. The number of nitrogens with zero attached hydrogens (tertiary/aromatic N) is 3. The van der Waals surface area contributed by atoms with Crippen LogP contribution >= 0.6 is 0 Å². The van der Waals surface area contributed by atoms with Crippen LogP contribution < -0.4 is 11.1 Å². The largest absolute Gasteiger partial charge is 0.480 e. The van der Waals surface area contributed by atoms with Gasteiger partial charge in [0.2, 0.25) is 0 Å². The number of amides is 1. The molecule has 0 aromatic carbocycles. The van der Waals surface area contributed by atoms with Crippen LogP contribution in [-0.4, -0.2) is 42.9 Å². The number of carboxylic acids is 1. The summed E-state index contributed by atoms with van der Waals surface area (Å²) in [6.45, 7) is 0.504. The van der Waals surface area contributed by atoms with Crippen LogP contribution in [0.3, 0.4) is 0 Å². The lowest BCUT2D eigenvalue weighted by atomic mass is 10.1. The number of hydrogen-bond acceptors (Lipinski definition) is 5. The second kappa shape index (κ2) is 10.2. The fraction of sp³-hybridized carbons (Fsp3) is 0.778. The summed E-state index contributed by atoms with van der Waals surface area (Å²) in [6.07, 6.45) is 0.993. The van der Waals surface area contributed by atoms with Crippen molar-refractivity contribution < 1.29 is 19.4 Å². The number of unbranched alkanes of at least 4 members (excludes halogenated alkanes) is 1. The molecule has 18 heavy (non-hydrogen) atoms. The van der Waals surface area contributed by atoms with Crippen molar-refractivity contribution in [1.82, 2.24) is 5.32 Å². The monoisotopic (exact) mass is 259 g/mol. The van der Waals surface area contributed by atoms with Gasteiger partial charge in [-0.25, -0.2) is 4.79 Å². The molecule has 1 atom stereocenters. The zero-order chi connectivity index (χ0) is 13.8. The van der Waals surface area contributed by atoms with E-state index in [0.29, 0.717) is 25.8 Å². The molecule has 0 aliphatic heterocycles. The Morgan fingerprint density at radius 3 is 2.83 bits per heavy atom. The molecule has 0 unspecified atom stereocenters. The molecule has 0 rings (SSSR count). The van der Waals surface area contributed by atoms with E-state index >= 15 is 0 Å². The molecule has 0 radical (unpaired) electrons. The Bertz CT molecular complexity index is 316. The van der Waals surface area contributed by atoms with E-state index in [4.69, 9.17) is 16.4 Å². The Balaban J connectivity index is 3.40. The highest BCUT2D eigenvalue weighted by molar-refractivity contribution is 5.72. The van der Waals surface area contributed by atoms with Crippen molar-refractivity contribution in [2.75, 3.05) is 19.7 Å². The van der Waals surface area contributed by atoms with E-state index in [-0.39, 0.29) is 13.2 Å². The van der Waals surface area contributed by atoms with Crippen molar-refractivity contribution in [3.63, 3.8) is 0 Å². The van der Waals surface area contributed by atoms with E-state index in [2.05, 4.69) is 20.1 Å². The summed E-state index contributed by atoms with van der Waals surface area (Å²) in [5, 5.41) is 14.2. The third kappa shape index (κ3) is 9.25. The van der Waals surface area contributed by atoms with Crippen LogP contribution in [0.25, 0.3) is 10.4 Å². The molecule has 0 aliphatic carbocycles. The predicted octanol–water partition coefficient (Wildman–Crippen LogP) is 0.605. The number of rotatable bonds is 9. The van der Waals surface area contributed by atoms with Gasteiger partial charge in [0.25, 0.3) is 0 Å². The molecule has 0 aromatic heterocycles. The number of carbonyl (C=O) groups is 2. The molecule has 0 spiro atoms. The number of ether oxygens (including phenoxy) is 1. The van der Waals surface area contributed by atoms with Crippen molar-refractivity contribution >= 4 is 12.1 Å². The first kappa shape index (κ1) is 16.0. The predicted molar refractivity (Wildman–Crippen MR) is 62.8 cm³/mol. The van der Waals surface area contributed by atoms with E-state index < -0.39 is 18.1 Å². The van der Waals surface area contributed by atoms with Gasteiger partial charge in [-0.05, 0) is 24.8 Å². The zero-order valence-electron chi connectivity index (χ0n) is 9.91. The van der Waals surface area contributed by atoms with Crippen molar-refractivity contribution in [1.29, 1.82) is 0 Å². The molecule has 9 heteroatoms. The number of carbonyl (C=O) groups excluding carboxylic acids is 1. The fourth-order valence-electron chi connectivity index (χ4n) is 1.08. The summed E-state index contributed by atoms with van der Waals surface area (Å²) in [5.74, 6) is -1.03. The topological polar surface area (TPSA) is 150 Å². The minimum atomic E-state index is -1.03. The second-order valence-electron chi connectivity index (χ2n) is 3.46. The van der Waals surface area contributed by atoms with Crippen LogP contribution in [0.4, 0.5) is 4.79 Å². The lowest BCUT2D eigenvalue weighted by molar-refractivity contribution is -0.138. The van der Waals surface area contributed by atoms with Crippen molar-refractivity contribution in [3.8, 4) is 0 Å². The normalized spacial score (nSPS) is 11.2. The Labute approximate surface area is 104 Å². The summed E-state index contributed by atoms with van der Waals surface area (Å²) in [6, 6.07) is -0.860. The second-order valence-corrected chi connectivity index (χ2v) is 3.46. The van der Waals surface area contributed by atoms with Gasteiger partial charge in [-0.1, -0.05) is 5.11 Å². The van der Waals surface area contributed by atoms with Gasteiger partial charge in [-0.3, -0.25) is 4.79 Å². The highest BCUT2D eigenvalue weighted by Crippen LogP contribution is 1.98. The summed E-state index contributed by atoms with van der Waals surface area (Å²) in [7, 11) is 0. The molecule has 102 valence electrons. The molecule has 1 amide bonds. The van der Waals surface area contributed by atoms with Crippen LogP contribution in [0.5, 0.6) is 0 Å². The van der Waals surface area contributed by atoms with Gasteiger partial charge in [-0.2, -0.15) is 0 Å². The van der Waals surface area contributed by atoms with Crippen LogP contribution in [0.15, 0.2) is 5.11 Å². The maximum atomic E-state index is 11.0. The molecule has 0 heterocycles. The molecule has 9 nitrogen and oxygen atoms in total. The Hall–Kier alpha value is -1.99. The molecular weight excluding hydrogens is 242 g/mol. The number of azide groups is 1. The smallest absolute Gasteiger partial charge is 0.407 e. The Morgan fingerprint density at radius 1 is 1.50 bits per heavy atom. The van der Waals surface area contributed by atoms with Gasteiger partial charge in [0.15, 0.2) is 0 Å². The van der Waals surface area contributed by atoms with Crippen molar-refractivity contribution in [3.05, 3.63) is 10.4 Å². The quantitative estimate of drug-likeness (QED) is 0.240. The third-order valence-corrected chi connectivity index (χ3v) is 2.02. The summed E-state index contributed by atoms with van der Waals surface area (Å²) < 4.78 is 4.68. The zero-order valence-corrected chi connectivity index (χ0v) is 9.91. The highest BCUT2D eigenvalue weighted by atomic mass is 16.5. The van der Waals surface area contributed by atoms with Crippen molar-refractivity contribution in [2.45, 2.75) is 25.3 Å². The molecule has 4 N–H and O–H groups in total. The lowest BCUT2D eigenvalue weighted by Gasteiger charge is -2.07. The Morgan fingerprint density at radius 2 is 2.22 bits per heavy atom. The fourth-order valence-corrected chi connectivity index (χ4v) is 1.08. The van der Waals surface area contributed by atoms with Crippen molar-refractivity contribution in [2.24, 2.45) is 10.8 Å². The molecule has 0 aromatic rings. The number of alkyl carbamates (subject to hydrolysis) is 1. The number of hydrogen-bond donors (Lipinski definition) is 3. The number of aliphatic carboxylic acids is 1. The molecule has 0 saturated carbocycles. The average molecular weight is 259 g/mol. The molecular formula is C9H17N5O4. The Kier molecular flexibility index (Phi) is 9.06. The lowest BCUT2D eigenvalue weighted by Crippen LogP contribution is -2.30. The van der Waals surface area contributed by atoms with Crippen LogP contribution in [0, 0.1) is 0 Å². The SMILES string of the molecule is [N-]=[N+]=NCCOC(=O)NCCCC[C@@H](N)C(=O)O. The first-order valence-corrected chi connectivity index (χ1v) is 5.47. The van der Waals surface area contributed by atoms with Gasteiger partial charge in [0.1, 0.15) is 6.04 Å². The van der Waals surface area contributed by atoms with E-state index in [0.717, 1.165) is 0 Å². The summed E-state index contributed by atoms with van der Waals surface area (Å²) >= 11 is 0. The van der Waals surface area contributed by atoms with E-state index in [1.54, 1.807) is 0 Å². The van der Waals surface area contributed by atoms with Crippen LogP contribution in [0.1, 0.15) is 19.3 Å². The highest BCUT2D eigenvalue weighted by Gasteiger charge is 2.10. The van der Waals surface area contributed by atoms with Crippen LogP contribution in [0.2, 0.25) is 0 Å². The van der Waals surface area contributed by atoms with Gasteiger partial charge >= 0.3 is 12.1 Å². The van der Waals surface area contributed by atoms with Gasteiger partial charge in [-0.15, -0.1) is 0 Å². The minimum Gasteiger partial charge on any atom is -0.480 e. The van der Waals surface area contributed by atoms with Gasteiger partial charge in [0, 0.05) is 11.5 Å². The van der Waals surface area contributed by atoms with E-state index in [1.165, 1.54) is 0 Å². The van der Waals surface area contributed by atoms with Gasteiger partial charge in [0.05, 0.1) is 13.2 Å². The van der Waals surface area contributed by atoms with E-state index in [1.807, 2.05) is 0 Å². The third-order valence-electron chi connectivity index (χ3n) is 2.02. The maximum absolute atomic E-state index is 11.0. The molecule has 0 fully saturated rings. The minimum absolute atomic E-state index is 0.0276. The molecule has 0 aliphatic rings. The first-order valence-electron chi connectivity index (χ1n) is 5.47. The number of nitrogens with two attached hydrogens (primary N) is 1. The summed E-state index contributed by atoms with van der Waals surface area (Å²) in [5.41, 5.74) is 13.3. The van der Waals surface area contributed by atoms with Gasteiger partial charge < -0.3 is 20.9 Å². The first-order chi connectivity index (χ1) is 8.57. The summed E-state index contributed by atoms with van der Waals surface area (Å²) in [4.78, 5) is 23.9.